The zero-order valence-corrected chi connectivity index (χ0v) is 27.5. The Kier molecular flexibility index (Phi) is 12.5. The highest BCUT2D eigenvalue weighted by atomic mass is 32.2. The molecule has 0 bridgehead atoms. The normalized spacial score (nSPS) is 18.1. The summed E-state index contributed by atoms with van der Waals surface area (Å²) in [7, 11) is 0. The van der Waals surface area contributed by atoms with Gasteiger partial charge in [0.2, 0.25) is 11.7 Å². The van der Waals surface area contributed by atoms with Crippen molar-refractivity contribution < 1.29 is 48.3 Å². The number of fused-ring (bicyclic) bond motifs is 2. The number of hydrogen-bond acceptors (Lipinski definition) is 12. The van der Waals surface area contributed by atoms with Crippen LogP contribution in [0.1, 0.15) is 25.7 Å². The largest absolute Gasteiger partial charge is 0.504 e. The summed E-state index contributed by atoms with van der Waals surface area (Å²) in [6.45, 7) is 1.83. The number of hydrogen-bond donors (Lipinski definition) is 7. The van der Waals surface area contributed by atoms with Crippen LogP contribution in [0.5, 0.6) is 23.0 Å². The van der Waals surface area contributed by atoms with Crippen LogP contribution in [0.3, 0.4) is 0 Å². The molecule has 2 fully saturated rings. The lowest BCUT2D eigenvalue weighted by molar-refractivity contribution is -0.123. The molecule has 3 heterocycles. The highest BCUT2D eigenvalue weighted by Crippen LogP contribution is 2.40. The van der Waals surface area contributed by atoms with E-state index < -0.39 is 22.7 Å². The zero-order valence-electron chi connectivity index (χ0n) is 26.7. The number of nitrogens with one attached hydrogen (secondary N) is 4. The van der Waals surface area contributed by atoms with Gasteiger partial charge in [0.05, 0.1) is 38.5 Å². The Morgan fingerprint density at radius 2 is 1.61 bits per heavy atom. The number of amides is 4. The Hall–Kier alpha value is -4.67. The lowest BCUT2D eigenvalue weighted by atomic mass is 10.0. The smallest absolute Gasteiger partial charge is 0.315 e. The van der Waals surface area contributed by atoms with Gasteiger partial charge in [0, 0.05) is 48.2 Å². The Bertz CT molecular complexity index is 1680. The molecule has 3 atom stereocenters. The fraction of sp³-hybridized carbons (Fsp3) is 0.455. The number of carbonyl (C=O) groups is 3. The van der Waals surface area contributed by atoms with E-state index in [-0.39, 0.29) is 66.4 Å². The topological polar surface area (TPSA) is 218 Å². The number of thioether (sulfide) groups is 1. The van der Waals surface area contributed by atoms with Gasteiger partial charge in [0.15, 0.2) is 23.5 Å². The predicted molar refractivity (Wildman–Crippen MR) is 180 cm³/mol. The van der Waals surface area contributed by atoms with E-state index in [0.29, 0.717) is 49.3 Å². The number of benzene rings is 2. The number of phenolic OH excluding ortho intramolecular Hbond substituents is 3. The van der Waals surface area contributed by atoms with Crippen molar-refractivity contribution in [2.24, 2.45) is 0 Å². The molecule has 4 amide bonds. The standard InChI is InChI=1S/C33H40N4O11S/c38-22-15-24(48-25-16-23(39)31(42)32(43)29(22)25)19-5-7-20(8-6-19)47-17-28(41)35-10-12-46-14-13-45-11-9-34-27(40)4-2-1-3-26-30-21(18-49-26)36-33(44)37-30/h5-8,15-16,21,26,30,39,42-43H,1-4,9-14,17-18H2,(H,34,40)(H,35,41)(H2,36,37,44)/t21-,26-,30-/m0/s1. The van der Waals surface area contributed by atoms with E-state index in [2.05, 4.69) is 21.3 Å². The minimum Gasteiger partial charge on any atom is -0.504 e. The molecule has 1 aromatic heterocycles. The van der Waals surface area contributed by atoms with Crippen molar-refractivity contribution in [3.8, 4) is 34.3 Å². The molecule has 0 aliphatic carbocycles. The molecule has 0 spiro atoms. The van der Waals surface area contributed by atoms with Crippen LogP contribution >= 0.6 is 11.8 Å². The maximum Gasteiger partial charge on any atom is 0.315 e. The van der Waals surface area contributed by atoms with E-state index in [0.717, 1.165) is 37.1 Å². The highest BCUT2D eigenvalue weighted by Gasteiger charge is 2.42. The van der Waals surface area contributed by atoms with Gasteiger partial charge in [-0.3, -0.25) is 14.4 Å². The molecular weight excluding hydrogens is 660 g/mol. The number of carbonyl (C=O) groups excluding carboxylic acids is 3. The number of urea groups is 1. The van der Waals surface area contributed by atoms with Crippen LogP contribution in [0.4, 0.5) is 4.79 Å². The second-order valence-corrected chi connectivity index (χ2v) is 12.8. The summed E-state index contributed by atoms with van der Waals surface area (Å²) >= 11 is 1.88. The third kappa shape index (κ3) is 9.70. The van der Waals surface area contributed by atoms with E-state index in [1.807, 2.05) is 11.8 Å². The first-order chi connectivity index (χ1) is 23.7. The summed E-state index contributed by atoms with van der Waals surface area (Å²) in [5.41, 5.74) is -0.192. The van der Waals surface area contributed by atoms with Gasteiger partial charge < -0.3 is 55.2 Å². The van der Waals surface area contributed by atoms with Gasteiger partial charge in [-0.15, -0.1) is 0 Å². The third-order valence-electron chi connectivity index (χ3n) is 8.04. The highest BCUT2D eigenvalue weighted by molar-refractivity contribution is 8.00. The van der Waals surface area contributed by atoms with Crippen molar-refractivity contribution in [1.82, 2.24) is 21.3 Å². The van der Waals surface area contributed by atoms with Crippen LogP contribution < -0.4 is 31.4 Å². The van der Waals surface area contributed by atoms with Crippen LogP contribution in [0.15, 0.2) is 45.6 Å². The van der Waals surface area contributed by atoms with Crippen molar-refractivity contribution in [2.75, 3.05) is 51.9 Å². The van der Waals surface area contributed by atoms with Crippen molar-refractivity contribution in [3.05, 3.63) is 46.6 Å². The molecule has 2 saturated heterocycles. The van der Waals surface area contributed by atoms with Gasteiger partial charge in [-0.2, -0.15) is 11.8 Å². The van der Waals surface area contributed by atoms with E-state index in [1.54, 1.807) is 24.3 Å². The maximum atomic E-state index is 12.5. The van der Waals surface area contributed by atoms with E-state index >= 15 is 0 Å². The van der Waals surface area contributed by atoms with Gasteiger partial charge in [-0.1, -0.05) is 6.42 Å². The fourth-order valence-corrected chi connectivity index (χ4v) is 7.09. The van der Waals surface area contributed by atoms with Crippen molar-refractivity contribution in [2.45, 2.75) is 43.0 Å². The first-order valence-electron chi connectivity index (χ1n) is 16.0. The molecule has 15 nitrogen and oxygen atoms in total. The van der Waals surface area contributed by atoms with Crippen molar-refractivity contribution in [1.29, 1.82) is 0 Å². The monoisotopic (exact) mass is 700 g/mol. The summed E-state index contributed by atoms with van der Waals surface area (Å²) in [6.07, 6.45) is 3.18. The Balaban J connectivity index is 0.863. The number of phenols is 3. The van der Waals surface area contributed by atoms with E-state index in [9.17, 15) is 34.5 Å². The van der Waals surface area contributed by atoms with Crippen molar-refractivity contribution in [3.63, 3.8) is 0 Å². The Morgan fingerprint density at radius 3 is 2.35 bits per heavy atom. The minimum atomic E-state index is -0.803. The maximum absolute atomic E-state index is 12.5. The lowest BCUT2D eigenvalue weighted by Gasteiger charge is -2.16. The quantitative estimate of drug-likeness (QED) is 0.0576. The molecule has 0 radical (unpaired) electrons. The Labute approximate surface area is 285 Å². The average molecular weight is 701 g/mol. The molecule has 0 saturated carbocycles. The van der Waals surface area contributed by atoms with Gasteiger partial charge in [0.1, 0.15) is 22.5 Å². The van der Waals surface area contributed by atoms with E-state index in [4.69, 9.17) is 18.6 Å². The van der Waals surface area contributed by atoms with Crippen LogP contribution in [0.25, 0.3) is 22.3 Å². The van der Waals surface area contributed by atoms with E-state index in [1.165, 1.54) is 0 Å². The summed E-state index contributed by atoms with van der Waals surface area (Å²) in [6, 6.07) is 8.95. The molecule has 2 aliphatic heterocycles. The van der Waals surface area contributed by atoms with Crippen LogP contribution in [-0.4, -0.2) is 102 Å². The molecule has 5 rings (SSSR count). The second kappa shape index (κ2) is 17.1. The van der Waals surface area contributed by atoms with Gasteiger partial charge in [0.25, 0.3) is 5.91 Å². The zero-order chi connectivity index (χ0) is 34.8. The summed E-state index contributed by atoms with van der Waals surface area (Å²) < 4.78 is 22.1. The summed E-state index contributed by atoms with van der Waals surface area (Å²) in [5.74, 6) is -1.03. The first-order valence-corrected chi connectivity index (χ1v) is 17.1. The third-order valence-corrected chi connectivity index (χ3v) is 9.55. The Morgan fingerprint density at radius 1 is 0.898 bits per heavy atom. The molecule has 3 aromatic rings. The average Bonchev–Trinajstić information content (AvgIpc) is 3.64. The molecule has 2 aromatic carbocycles. The fourth-order valence-electron chi connectivity index (χ4n) is 5.55. The molecule has 16 heteroatoms. The second-order valence-electron chi connectivity index (χ2n) is 11.5. The molecule has 7 N–H and O–H groups in total. The summed E-state index contributed by atoms with van der Waals surface area (Å²) in [5, 5.41) is 41.0. The number of aromatic hydroxyl groups is 3. The van der Waals surface area contributed by atoms with Crippen molar-refractivity contribution >= 4 is 40.6 Å². The molecule has 49 heavy (non-hydrogen) atoms. The van der Waals surface area contributed by atoms with Gasteiger partial charge >= 0.3 is 6.03 Å². The molecular formula is C33H40N4O11S. The number of ether oxygens (including phenoxy) is 3. The van der Waals surface area contributed by atoms with Crippen LogP contribution in [0.2, 0.25) is 0 Å². The van der Waals surface area contributed by atoms with Crippen LogP contribution in [0, 0.1) is 0 Å². The minimum absolute atomic E-state index is 0.00602. The van der Waals surface area contributed by atoms with Gasteiger partial charge in [-0.05, 0) is 37.1 Å². The van der Waals surface area contributed by atoms with Gasteiger partial charge in [-0.25, -0.2) is 4.79 Å². The molecule has 0 unspecified atom stereocenters. The predicted octanol–water partition coefficient (Wildman–Crippen LogP) is 1.95. The van der Waals surface area contributed by atoms with Crippen LogP contribution in [-0.2, 0) is 19.1 Å². The summed E-state index contributed by atoms with van der Waals surface area (Å²) in [4.78, 5) is 48.1. The lowest BCUT2D eigenvalue weighted by Crippen LogP contribution is -2.36. The number of unbranched alkanes of at least 4 members (excludes halogenated alkanes) is 1. The molecule has 264 valence electrons. The first kappa shape index (κ1) is 35.6. The SMILES string of the molecule is O=C(CCCC[C@@H]1SC[C@@H]2NC(=O)N[C@@H]21)NCCOCCOCCNC(=O)COc1ccc(-c2cc(=O)c3c(O)c(O)c(O)cc3o2)cc1. The number of rotatable bonds is 18. The molecule has 2 aliphatic rings.